The summed E-state index contributed by atoms with van der Waals surface area (Å²) < 4.78 is 12.6. The number of aliphatic imine (C=N–C) groups is 1. The van der Waals surface area contributed by atoms with Gasteiger partial charge in [-0.15, -0.1) is 0 Å². The number of aryl methyl sites for hydroxylation is 1. The van der Waals surface area contributed by atoms with Gasteiger partial charge in [-0.05, 0) is 78.2 Å². The minimum absolute atomic E-state index is 0.0419. The van der Waals surface area contributed by atoms with Crippen molar-refractivity contribution < 1.29 is 14.3 Å². The molecule has 0 saturated carbocycles. The maximum Gasteiger partial charge on any atom is 0.266 e. The lowest BCUT2D eigenvalue weighted by atomic mass is 10.1. The molecular weight excluding hydrogens is 524 g/mol. The van der Waals surface area contributed by atoms with Gasteiger partial charge in [-0.3, -0.25) is 9.69 Å². The molecule has 1 aliphatic rings. The van der Waals surface area contributed by atoms with Crippen LogP contribution in [0.15, 0.2) is 81.1 Å². The molecule has 3 aromatic rings. The van der Waals surface area contributed by atoms with E-state index in [0.717, 1.165) is 33.3 Å². The Morgan fingerprint density at radius 3 is 2.51 bits per heavy atom. The maximum absolute atomic E-state index is 13.1. The van der Waals surface area contributed by atoms with Crippen molar-refractivity contribution in [2.45, 2.75) is 26.9 Å². The normalized spacial score (nSPS) is 15.8. The van der Waals surface area contributed by atoms with Crippen molar-refractivity contribution in [3.05, 3.63) is 92.8 Å². The monoisotopic (exact) mass is 550 g/mol. The molecule has 0 atom stereocenters. The van der Waals surface area contributed by atoms with Crippen molar-refractivity contribution in [2.24, 2.45) is 4.99 Å². The molecule has 0 aliphatic carbocycles. The van der Waals surface area contributed by atoms with Crippen molar-refractivity contribution in [1.29, 1.82) is 0 Å². The molecule has 0 bridgehead atoms. The lowest BCUT2D eigenvalue weighted by Gasteiger charge is -2.13. The van der Waals surface area contributed by atoms with Crippen LogP contribution in [0.5, 0.6) is 11.5 Å². The summed E-state index contributed by atoms with van der Waals surface area (Å²) in [4.78, 5) is 20.3. The van der Waals surface area contributed by atoms with Crippen molar-refractivity contribution in [1.82, 2.24) is 4.90 Å². The van der Waals surface area contributed by atoms with E-state index >= 15 is 0 Å². The fourth-order valence-corrected chi connectivity index (χ4v) is 5.00. The van der Waals surface area contributed by atoms with E-state index in [1.54, 1.807) is 12.0 Å². The van der Waals surface area contributed by atoms with Crippen molar-refractivity contribution in [3.63, 3.8) is 0 Å². The number of carbonyl (C=O) groups is 1. The number of halogens is 1. The Kier molecular flexibility index (Phi) is 8.31. The second-order valence-electron chi connectivity index (χ2n) is 7.86. The van der Waals surface area contributed by atoms with Crippen LogP contribution in [0.2, 0.25) is 0 Å². The predicted octanol–water partition coefficient (Wildman–Crippen LogP) is 7.22. The average molecular weight is 552 g/mol. The minimum Gasteiger partial charge on any atom is -0.493 e. The average Bonchev–Trinajstić information content (AvgIpc) is 3.17. The smallest absolute Gasteiger partial charge is 0.266 e. The van der Waals surface area contributed by atoms with E-state index in [-0.39, 0.29) is 5.91 Å². The highest BCUT2D eigenvalue weighted by atomic mass is 79.9. The first kappa shape index (κ1) is 25.1. The third-order valence-corrected chi connectivity index (χ3v) is 7.12. The van der Waals surface area contributed by atoms with Gasteiger partial charge < -0.3 is 9.47 Å². The van der Waals surface area contributed by atoms with Gasteiger partial charge in [0.1, 0.15) is 6.61 Å². The molecule has 0 N–H and O–H groups in total. The van der Waals surface area contributed by atoms with Crippen LogP contribution in [-0.2, 0) is 17.8 Å². The summed E-state index contributed by atoms with van der Waals surface area (Å²) in [7, 11) is 1.61. The number of rotatable bonds is 8. The highest BCUT2D eigenvalue weighted by Gasteiger charge is 2.32. The number of methoxy groups -OCH3 is 1. The molecule has 1 fully saturated rings. The standard InChI is InChI=1S/C28H27BrN2O3S/c1-4-21-8-6-7-9-23(21)30-28-31(5-2)27(32)26(35-28)17-20-12-15-24(25(16-20)33-3)34-18-19-10-13-22(29)14-11-19/h6-17H,4-5,18H2,1-3H3/b26-17+,30-28?. The Morgan fingerprint density at radius 1 is 1.03 bits per heavy atom. The van der Waals surface area contributed by atoms with Gasteiger partial charge in [0.25, 0.3) is 5.91 Å². The number of thioether (sulfide) groups is 1. The first-order valence-corrected chi connectivity index (χ1v) is 13.1. The van der Waals surface area contributed by atoms with Crippen molar-refractivity contribution in [3.8, 4) is 11.5 Å². The molecule has 0 aromatic heterocycles. The fourth-order valence-electron chi connectivity index (χ4n) is 3.68. The Hall–Kier alpha value is -3.03. The van der Waals surface area contributed by atoms with Crippen LogP contribution < -0.4 is 9.47 Å². The van der Waals surface area contributed by atoms with E-state index in [4.69, 9.17) is 14.5 Å². The molecule has 35 heavy (non-hydrogen) atoms. The number of ether oxygens (including phenoxy) is 2. The van der Waals surface area contributed by atoms with Crippen molar-refractivity contribution >= 4 is 50.5 Å². The lowest BCUT2D eigenvalue weighted by Crippen LogP contribution is -2.28. The van der Waals surface area contributed by atoms with E-state index in [9.17, 15) is 4.79 Å². The second kappa shape index (κ2) is 11.6. The summed E-state index contributed by atoms with van der Waals surface area (Å²) in [5.41, 5.74) is 3.98. The lowest BCUT2D eigenvalue weighted by molar-refractivity contribution is -0.122. The number of benzene rings is 3. The number of nitrogens with zero attached hydrogens (tertiary/aromatic N) is 2. The van der Waals surface area contributed by atoms with Crippen LogP contribution in [-0.4, -0.2) is 29.6 Å². The number of para-hydroxylation sites is 1. The van der Waals surface area contributed by atoms with Crippen molar-refractivity contribution in [2.75, 3.05) is 13.7 Å². The largest absolute Gasteiger partial charge is 0.493 e. The molecule has 0 radical (unpaired) electrons. The number of amides is 1. The van der Waals surface area contributed by atoms with Crippen LogP contribution >= 0.6 is 27.7 Å². The number of hydrogen-bond donors (Lipinski definition) is 0. The molecule has 3 aromatic carbocycles. The Balaban J connectivity index is 1.55. The van der Waals surface area contributed by atoms with E-state index in [1.807, 2.05) is 73.7 Å². The Labute approximate surface area is 219 Å². The molecule has 1 amide bonds. The summed E-state index contributed by atoms with van der Waals surface area (Å²) in [6.45, 7) is 5.06. The first-order valence-electron chi connectivity index (χ1n) is 11.5. The van der Waals surface area contributed by atoms with Gasteiger partial charge in [-0.1, -0.05) is 59.3 Å². The second-order valence-corrected chi connectivity index (χ2v) is 9.79. The summed E-state index contributed by atoms with van der Waals surface area (Å²) in [6.07, 6.45) is 2.77. The van der Waals surface area contributed by atoms with Gasteiger partial charge in [0.2, 0.25) is 0 Å². The number of carbonyl (C=O) groups excluding carboxylic acids is 1. The van der Waals surface area contributed by atoms with E-state index in [2.05, 4.69) is 28.9 Å². The van der Waals surface area contributed by atoms with Gasteiger partial charge in [0, 0.05) is 11.0 Å². The van der Waals surface area contributed by atoms with Crippen LogP contribution in [0.3, 0.4) is 0 Å². The summed E-state index contributed by atoms with van der Waals surface area (Å²) >= 11 is 4.84. The highest BCUT2D eigenvalue weighted by molar-refractivity contribution is 9.10. The molecule has 1 heterocycles. The third-order valence-electron chi connectivity index (χ3n) is 5.59. The van der Waals surface area contributed by atoms with Gasteiger partial charge in [-0.2, -0.15) is 0 Å². The first-order chi connectivity index (χ1) is 17.0. The summed E-state index contributed by atoms with van der Waals surface area (Å²) in [5.74, 6) is 1.22. The van der Waals surface area contributed by atoms with Gasteiger partial charge >= 0.3 is 0 Å². The van der Waals surface area contributed by atoms with E-state index in [0.29, 0.717) is 34.7 Å². The van der Waals surface area contributed by atoms with Crippen LogP contribution in [0.25, 0.3) is 6.08 Å². The molecule has 5 nitrogen and oxygen atoms in total. The maximum atomic E-state index is 13.1. The molecule has 0 unspecified atom stereocenters. The van der Waals surface area contributed by atoms with Crippen LogP contribution in [0.4, 0.5) is 5.69 Å². The van der Waals surface area contributed by atoms with Gasteiger partial charge in [-0.25, -0.2) is 4.99 Å². The molecule has 0 spiro atoms. The number of amidine groups is 1. The van der Waals surface area contributed by atoms with Crippen LogP contribution in [0.1, 0.15) is 30.5 Å². The molecular formula is C28H27BrN2O3S. The fraction of sp³-hybridized carbons (Fsp3) is 0.214. The van der Waals surface area contributed by atoms with Gasteiger partial charge in [0.15, 0.2) is 16.7 Å². The summed E-state index contributed by atoms with van der Waals surface area (Å²) in [5, 5.41) is 0.700. The quantitative estimate of drug-likeness (QED) is 0.278. The molecule has 180 valence electrons. The zero-order chi connectivity index (χ0) is 24.8. The summed E-state index contributed by atoms with van der Waals surface area (Å²) in [6, 6.07) is 21.7. The Morgan fingerprint density at radius 2 is 1.80 bits per heavy atom. The minimum atomic E-state index is -0.0419. The van der Waals surface area contributed by atoms with E-state index < -0.39 is 0 Å². The highest BCUT2D eigenvalue weighted by Crippen LogP contribution is 2.36. The molecule has 7 heteroatoms. The number of likely N-dealkylation sites (N-methyl/N-ethyl adjacent to an activating group) is 1. The Bertz CT molecular complexity index is 1270. The molecule has 4 rings (SSSR count). The molecule has 1 saturated heterocycles. The van der Waals surface area contributed by atoms with E-state index in [1.165, 1.54) is 11.8 Å². The molecule has 1 aliphatic heterocycles. The zero-order valence-corrected chi connectivity index (χ0v) is 22.4. The van der Waals surface area contributed by atoms with Gasteiger partial charge in [0.05, 0.1) is 17.7 Å². The zero-order valence-electron chi connectivity index (χ0n) is 20.0. The topological polar surface area (TPSA) is 51.1 Å². The number of hydrogen-bond acceptors (Lipinski definition) is 5. The SMILES string of the molecule is CCc1ccccc1N=C1S/C(=C/c2ccc(OCc3ccc(Br)cc3)c(OC)c2)C(=O)N1CC. The third kappa shape index (κ3) is 5.97. The van der Waals surface area contributed by atoms with Crippen LogP contribution in [0, 0.1) is 0 Å². The predicted molar refractivity (Wildman–Crippen MR) is 147 cm³/mol.